The summed E-state index contributed by atoms with van der Waals surface area (Å²) in [4.78, 5) is -1.26. The Hall–Kier alpha value is -2.22. The summed E-state index contributed by atoms with van der Waals surface area (Å²) in [6, 6.07) is 5.08. The molecule has 0 bridgehead atoms. The molecule has 2 rings (SSSR count). The highest BCUT2D eigenvalue weighted by Crippen LogP contribution is 2.26. The Morgan fingerprint density at radius 1 is 1.05 bits per heavy atom. The van der Waals surface area contributed by atoms with E-state index in [1.165, 1.54) is 12.1 Å². The summed E-state index contributed by atoms with van der Waals surface area (Å²) in [6.07, 6.45) is 0. The van der Waals surface area contributed by atoms with Crippen molar-refractivity contribution >= 4 is 21.4 Å². The average Bonchev–Trinajstić information content (AvgIpc) is 2.31. The third-order valence-corrected chi connectivity index (χ3v) is 4.10. The first-order valence-corrected chi connectivity index (χ1v) is 7.22. The largest absolute Gasteiger partial charge is 0.397 e. The Balaban J connectivity index is 2.51. The van der Waals surface area contributed by atoms with Gasteiger partial charge in [-0.1, -0.05) is 6.07 Å². The van der Waals surface area contributed by atoms with E-state index in [1.807, 2.05) is 4.72 Å². The van der Waals surface area contributed by atoms with Gasteiger partial charge in [-0.2, -0.15) is 0 Å². The zero-order valence-electron chi connectivity index (χ0n) is 10.8. The predicted octanol–water partition coefficient (Wildman–Crippen LogP) is 2.80. The number of sulfonamides is 1. The second-order valence-electron chi connectivity index (χ2n) is 4.39. The summed E-state index contributed by atoms with van der Waals surface area (Å²) in [7, 11) is -4.58. The third-order valence-electron chi connectivity index (χ3n) is 2.68. The van der Waals surface area contributed by atoms with Crippen molar-refractivity contribution in [1.82, 2.24) is 0 Å². The van der Waals surface area contributed by atoms with Crippen molar-refractivity contribution in [3.05, 3.63) is 53.3 Å². The molecule has 0 aromatic heterocycles. The molecule has 2 aromatic carbocycles. The lowest BCUT2D eigenvalue weighted by atomic mass is 10.2. The van der Waals surface area contributed by atoms with Crippen molar-refractivity contribution in [1.29, 1.82) is 0 Å². The molecule has 0 saturated heterocycles. The van der Waals surface area contributed by atoms with Crippen LogP contribution in [0.3, 0.4) is 0 Å². The molecular weight excluding hydrogens is 305 g/mol. The second-order valence-corrected chi connectivity index (χ2v) is 6.01. The maximum Gasteiger partial charge on any atom is 0.267 e. The summed E-state index contributed by atoms with van der Waals surface area (Å²) >= 11 is 0. The molecule has 0 unspecified atom stereocenters. The van der Waals surface area contributed by atoms with E-state index < -0.39 is 32.4 Å². The van der Waals surface area contributed by atoms with E-state index in [1.54, 1.807) is 13.0 Å². The topological polar surface area (TPSA) is 72.2 Å². The maximum absolute atomic E-state index is 13.6. The number of nitrogens with two attached hydrogens (primary N) is 1. The molecule has 0 aliphatic rings. The predicted molar refractivity (Wildman–Crippen MR) is 72.7 cm³/mol. The van der Waals surface area contributed by atoms with E-state index in [2.05, 4.69) is 0 Å². The highest BCUT2D eigenvalue weighted by molar-refractivity contribution is 7.92. The molecular formula is C13H11F3N2O2S. The summed E-state index contributed by atoms with van der Waals surface area (Å²) in [5, 5.41) is 0. The number of hydrogen-bond donors (Lipinski definition) is 2. The van der Waals surface area contributed by atoms with Gasteiger partial charge in [0.2, 0.25) is 0 Å². The Kier molecular flexibility index (Phi) is 3.82. The summed E-state index contributed by atoms with van der Waals surface area (Å²) in [6.45, 7) is 1.69. The van der Waals surface area contributed by atoms with Crippen molar-refractivity contribution in [3.8, 4) is 0 Å². The van der Waals surface area contributed by atoms with Gasteiger partial charge in [-0.3, -0.25) is 4.72 Å². The minimum Gasteiger partial charge on any atom is -0.397 e. The number of nitrogens with one attached hydrogen (secondary N) is 1. The van der Waals surface area contributed by atoms with E-state index >= 15 is 0 Å². The normalized spacial score (nSPS) is 11.4. The fraction of sp³-hybridized carbons (Fsp3) is 0.0769. The zero-order valence-corrected chi connectivity index (χ0v) is 11.6. The molecule has 0 radical (unpaired) electrons. The number of benzene rings is 2. The van der Waals surface area contributed by atoms with Crippen molar-refractivity contribution in [3.63, 3.8) is 0 Å². The first kappa shape index (κ1) is 15.2. The van der Waals surface area contributed by atoms with Gasteiger partial charge >= 0.3 is 0 Å². The molecule has 2 aromatic rings. The molecule has 0 aliphatic carbocycles. The second kappa shape index (κ2) is 5.28. The Morgan fingerprint density at radius 3 is 2.19 bits per heavy atom. The average molecular weight is 316 g/mol. The lowest BCUT2D eigenvalue weighted by molar-refractivity contribution is 0.498. The SMILES string of the molecule is Cc1ccc(N)c(NS(=O)(=O)c2c(F)cc(F)cc2F)c1. The number of nitrogen functional groups attached to an aromatic ring is 1. The van der Waals surface area contributed by atoms with Gasteiger partial charge < -0.3 is 5.73 Å². The van der Waals surface area contributed by atoms with Crippen molar-refractivity contribution in [2.24, 2.45) is 0 Å². The van der Waals surface area contributed by atoms with Crippen LogP contribution < -0.4 is 10.5 Å². The van der Waals surface area contributed by atoms with E-state index in [0.717, 1.165) is 0 Å². The highest BCUT2D eigenvalue weighted by atomic mass is 32.2. The highest BCUT2D eigenvalue weighted by Gasteiger charge is 2.25. The molecule has 0 atom stereocenters. The lowest BCUT2D eigenvalue weighted by Gasteiger charge is -2.12. The van der Waals surface area contributed by atoms with Crippen molar-refractivity contribution in [2.75, 3.05) is 10.5 Å². The monoisotopic (exact) mass is 316 g/mol. The fourth-order valence-corrected chi connectivity index (χ4v) is 2.94. The van der Waals surface area contributed by atoms with Gasteiger partial charge in [0.05, 0.1) is 11.4 Å². The van der Waals surface area contributed by atoms with Gasteiger partial charge in [0.15, 0.2) is 4.90 Å². The van der Waals surface area contributed by atoms with Gasteiger partial charge in [0, 0.05) is 12.1 Å². The molecule has 112 valence electrons. The first-order valence-electron chi connectivity index (χ1n) is 5.74. The molecule has 0 heterocycles. The van der Waals surface area contributed by atoms with Crippen LogP contribution in [0.25, 0.3) is 0 Å². The molecule has 8 heteroatoms. The van der Waals surface area contributed by atoms with E-state index in [-0.39, 0.29) is 23.5 Å². The molecule has 0 spiro atoms. The van der Waals surface area contributed by atoms with Crippen LogP contribution in [0.5, 0.6) is 0 Å². The Bertz CT molecular complexity index is 784. The Labute approximate surface area is 119 Å². The lowest BCUT2D eigenvalue weighted by Crippen LogP contribution is -2.17. The quantitative estimate of drug-likeness (QED) is 0.855. The molecule has 0 amide bonds. The minimum atomic E-state index is -4.58. The molecule has 3 N–H and O–H groups in total. The number of rotatable bonds is 3. The zero-order chi connectivity index (χ0) is 15.8. The van der Waals surface area contributed by atoms with E-state index in [4.69, 9.17) is 5.73 Å². The van der Waals surface area contributed by atoms with Crippen LogP contribution >= 0.6 is 0 Å². The molecule has 21 heavy (non-hydrogen) atoms. The van der Waals surface area contributed by atoms with Gasteiger partial charge in [0.25, 0.3) is 10.0 Å². The maximum atomic E-state index is 13.6. The minimum absolute atomic E-state index is 0.0156. The number of anilines is 2. The van der Waals surface area contributed by atoms with Crippen LogP contribution in [-0.2, 0) is 10.0 Å². The van der Waals surface area contributed by atoms with Crippen molar-refractivity contribution < 1.29 is 21.6 Å². The van der Waals surface area contributed by atoms with Crippen LogP contribution in [0, 0.1) is 24.4 Å². The summed E-state index contributed by atoms with van der Waals surface area (Å²) in [5.74, 6) is -4.25. The summed E-state index contributed by atoms with van der Waals surface area (Å²) in [5.41, 5.74) is 6.37. The molecule has 0 fully saturated rings. The molecule has 0 aliphatic heterocycles. The first-order chi connectivity index (χ1) is 9.70. The third kappa shape index (κ3) is 3.10. The fourth-order valence-electron chi connectivity index (χ4n) is 1.74. The molecule has 4 nitrogen and oxygen atoms in total. The van der Waals surface area contributed by atoms with Crippen molar-refractivity contribution in [2.45, 2.75) is 11.8 Å². The standard InChI is InChI=1S/C13H11F3N2O2S/c1-7-2-3-11(17)12(4-7)18-21(19,20)13-9(15)5-8(14)6-10(13)16/h2-6,18H,17H2,1H3. The Morgan fingerprint density at radius 2 is 1.62 bits per heavy atom. The van der Waals surface area contributed by atoms with Crippen LogP contribution in [0.15, 0.2) is 35.2 Å². The number of halogens is 3. The van der Waals surface area contributed by atoms with Crippen LogP contribution in [0.4, 0.5) is 24.5 Å². The van der Waals surface area contributed by atoms with Crippen LogP contribution in [0.1, 0.15) is 5.56 Å². The van der Waals surface area contributed by atoms with E-state index in [9.17, 15) is 21.6 Å². The molecule has 0 saturated carbocycles. The number of hydrogen-bond acceptors (Lipinski definition) is 3. The van der Waals surface area contributed by atoms with Gasteiger partial charge in [-0.25, -0.2) is 21.6 Å². The van der Waals surface area contributed by atoms with Crippen LogP contribution in [-0.4, -0.2) is 8.42 Å². The van der Waals surface area contributed by atoms with E-state index in [0.29, 0.717) is 5.56 Å². The van der Waals surface area contributed by atoms with Gasteiger partial charge in [-0.15, -0.1) is 0 Å². The van der Waals surface area contributed by atoms with Gasteiger partial charge in [0.1, 0.15) is 17.5 Å². The summed E-state index contributed by atoms with van der Waals surface area (Å²) < 4.78 is 66.0. The number of aryl methyl sites for hydroxylation is 1. The van der Waals surface area contributed by atoms with Gasteiger partial charge in [-0.05, 0) is 24.6 Å². The smallest absolute Gasteiger partial charge is 0.267 e. The van der Waals surface area contributed by atoms with Crippen LogP contribution in [0.2, 0.25) is 0 Å².